The fraction of sp³-hybridized carbons (Fsp3) is 0.533. The van der Waals surface area contributed by atoms with Gasteiger partial charge in [0.25, 0.3) is 5.91 Å². The van der Waals surface area contributed by atoms with E-state index in [-0.39, 0.29) is 11.9 Å². The quantitative estimate of drug-likeness (QED) is 0.875. The van der Waals surface area contributed by atoms with Gasteiger partial charge in [-0.05, 0) is 31.0 Å². The molecular formula is C15H22N2O3. The van der Waals surface area contributed by atoms with Gasteiger partial charge in [-0.25, -0.2) is 0 Å². The fourth-order valence-electron chi connectivity index (χ4n) is 2.37. The molecule has 110 valence electrons. The maximum Gasteiger partial charge on any atom is 0.251 e. The zero-order chi connectivity index (χ0) is 14.5. The molecule has 2 N–H and O–H groups in total. The van der Waals surface area contributed by atoms with Crippen LogP contribution in [0.15, 0.2) is 18.2 Å². The topological polar surface area (TPSA) is 59.6 Å². The molecule has 1 aromatic carbocycles. The normalized spacial score (nSPS) is 22.1. The van der Waals surface area contributed by atoms with Crippen LogP contribution >= 0.6 is 0 Å². The van der Waals surface area contributed by atoms with E-state index in [1.165, 1.54) is 0 Å². The van der Waals surface area contributed by atoms with Crippen molar-refractivity contribution in [1.82, 2.24) is 10.6 Å². The summed E-state index contributed by atoms with van der Waals surface area (Å²) in [7, 11) is 3.15. The minimum atomic E-state index is -0.0947. The summed E-state index contributed by atoms with van der Waals surface area (Å²) in [5, 5.41) is 6.38. The number of hydrogen-bond donors (Lipinski definition) is 2. The summed E-state index contributed by atoms with van der Waals surface area (Å²) in [5.41, 5.74) is 0.555. The van der Waals surface area contributed by atoms with E-state index in [4.69, 9.17) is 9.47 Å². The summed E-state index contributed by atoms with van der Waals surface area (Å²) in [6, 6.07) is 5.35. The molecule has 1 aliphatic rings. The van der Waals surface area contributed by atoms with Crippen LogP contribution in [-0.4, -0.2) is 39.3 Å². The highest BCUT2D eigenvalue weighted by molar-refractivity contribution is 5.95. The summed E-state index contributed by atoms with van der Waals surface area (Å²) in [5.74, 6) is 1.61. The predicted molar refractivity (Wildman–Crippen MR) is 77.5 cm³/mol. The van der Waals surface area contributed by atoms with Crippen LogP contribution in [0.25, 0.3) is 0 Å². The third-order valence-electron chi connectivity index (χ3n) is 3.76. The monoisotopic (exact) mass is 278 g/mol. The molecule has 0 aromatic heterocycles. The lowest BCUT2D eigenvalue weighted by Gasteiger charge is -2.30. The lowest BCUT2D eigenvalue weighted by atomic mass is 9.94. The third kappa shape index (κ3) is 3.42. The van der Waals surface area contributed by atoms with E-state index in [2.05, 4.69) is 17.6 Å². The average molecular weight is 278 g/mol. The molecule has 1 aliphatic heterocycles. The molecule has 1 fully saturated rings. The van der Waals surface area contributed by atoms with E-state index in [1.807, 2.05) is 0 Å². The molecule has 2 unspecified atom stereocenters. The smallest absolute Gasteiger partial charge is 0.251 e. The number of nitrogens with one attached hydrogen (secondary N) is 2. The second-order valence-corrected chi connectivity index (χ2v) is 5.15. The number of rotatable bonds is 4. The number of ether oxygens (including phenoxy) is 2. The van der Waals surface area contributed by atoms with Crippen LogP contribution < -0.4 is 20.1 Å². The van der Waals surface area contributed by atoms with Gasteiger partial charge < -0.3 is 20.1 Å². The van der Waals surface area contributed by atoms with Crippen molar-refractivity contribution in [2.75, 3.05) is 27.3 Å². The van der Waals surface area contributed by atoms with Crippen LogP contribution in [0.5, 0.6) is 11.5 Å². The standard InChI is InChI=1S/C15H22N2O3/c1-10-4-5-16-9-14(10)17-15(18)11-6-12(19-2)8-13(7-11)20-3/h6-8,10,14,16H,4-5,9H2,1-3H3,(H,17,18). The van der Waals surface area contributed by atoms with Crippen LogP contribution in [0, 0.1) is 5.92 Å². The summed E-state index contributed by atoms with van der Waals surface area (Å²) in [6.45, 7) is 3.99. The lowest BCUT2D eigenvalue weighted by molar-refractivity contribution is 0.0914. The second kappa shape index (κ2) is 6.61. The Labute approximate surface area is 119 Å². The van der Waals surface area contributed by atoms with Crippen molar-refractivity contribution in [3.8, 4) is 11.5 Å². The van der Waals surface area contributed by atoms with Gasteiger partial charge in [-0.2, -0.15) is 0 Å². The third-order valence-corrected chi connectivity index (χ3v) is 3.76. The highest BCUT2D eigenvalue weighted by Crippen LogP contribution is 2.23. The van der Waals surface area contributed by atoms with Crippen LogP contribution in [0.2, 0.25) is 0 Å². The van der Waals surface area contributed by atoms with Crippen molar-refractivity contribution in [3.05, 3.63) is 23.8 Å². The number of hydrogen-bond acceptors (Lipinski definition) is 4. The Morgan fingerprint density at radius 3 is 2.45 bits per heavy atom. The molecule has 0 aliphatic carbocycles. The first-order valence-electron chi connectivity index (χ1n) is 6.88. The highest BCUT2D eigenvalue weighted by Gasteiger charge is 2.23. The van der Waals surface area contributed by atoms with E-state index in [0.29, 0.717) is 23.0 Å². The highest BCUT2D eigenvalue weighted by atomic mass is 16.5. The van der Waals surface area contributed by atoms with Gasteiger partial charge in [-0.3, -0.25) is 4.79 Å². The number of piperidine rings is 1. The lowest BCUT2D eigenvalue weighted by Crippen LogP contribution is -2.50. The van der Waals surface area contributed by atoms with E-state index < -0.39 is 0 Å². The van der Waals surface area contributed by atoms with Gasteiger partial charge in [0.1, 0.15) is 11.5 Å². The van der Waals surface area contributed by atoms with E-state index in [1.54, 1.807) is 32.4 Å². The molecule has 5 nitrogen and oxygen atoms in total. The van der Waals surface area contributed by atoms with Crippen molar-refractivity contribution >= 4 is 5.91 Å². The molecule has 1 saturated heterocycles. The number of carbonyl (C=O) groups excluding carboxylic acids is 1. The molecule has 2 atom stereocenters. The van der Waals surface area contributed by atoms with Crippen LogP contribution in [0.4, 0.5) is 0 Å². The van der Waals surface area contributed by atoms with Gasteiger partial charge in [0, 0.05) is 24.2 Å². The molecule has 1 amide bonds. The average Bonchev–Trinajstić information content (AvgIpc) is 2.48. The summed E-state index contributed by atoms with van der Waals surface area (Å²) in [6.07, 6.45) is 1.08. The minimum Gasteiger partial charge on any atom is -0.497 e. The van der Waals surface area contributed by atoms with E-state index >= 15 is 0 Å². The molecule has 0 spiro atoms. The predicted octanol–water partition coefficient (Wildman–Crippen LogP) is 1.43. The zero-order valence-corrected chi connectivity index (χ0v) is 12.2. The molecule has 1 aromatic rings. The second-order valence-electron chi connectivity index (χ2n) is 5.15. The minimum absolute atomic E-state index is 0.0947. The summed E-state index contributed by atoms with van der Waals surface area (Å²) < 4.78 is 10.4. The van der Waals surface area contributed by atoms with Crippen molar-refractivity contribution in [2.24, 2.45) is 5.92 Å². The van der Waals surface area contributed by atoms with E-state index in [9.17, 15) is 4.79 Å². The van der Waals surface area contributed by atoms with Crippen LogP contribution in [0.3, 0.4) is 0 Å². The molecular weight excluding hydrogens is 256 g/mol. The fourth-order valence-corrected chi connectivity index (χ4v) is 2.37. The molecule has 0 radical (unpaired) electrons. The first-order chi connectivity index (χ1) is 9.63. The maximum absolute atomic E-state index is 12.3. The Balaban J connectivity index is 2.11. The van der Waals surface area contributed by atoms with Gasteiger partial charge in [-0.1, -0.05) is 6.92 Å². The summed E-state index contributed by atoms with van der Waals surface area (Å²) >= 11 is 0. The number of methoxy groups -OCH3 is 2. The SMILES string of the molecule is COc1cc(OC)cc(C(=O)NC2CNCCC2C)c1. The number of benzene rings is 1. The van der Waals surface area contributed by atoms with Crippen molar-refractivity contribution in [1.29, 1.82) is 0 Å². The Hall–Kier alpha value is -1.75. The number of carbonyl (C=O) groups is 1. The first kappa shape index (κ1) is 14.7. The molecule has 20 heavy (non-hydrogen) atoms. The largest absolute Gasteiger partial charge is 0.497 e. The zero-order valence-electron chi connectivity index (χ0n) is 12.2. The van der Waals surface area contributed by atoms with Gasteiger partial charge in [0.05, 0.1) is 14.2 Å². The Bertz CT molecular complexity index is 454. The maximum atomic E-state index is 12.3. The molecule has 5 heteroatoms. The van der Waals surface area contributed by atoms with Crippen LogP contribution in [0.1, 0.15) is 23.7 Å². The molecule has 2 rings (SSSR count). The molecule has 0 saturated carbocycles. The van der Waals surface area contributed by atoms with Gasteiger partial charge >= 0.3 is 0 Å². The van der Waals surface area contributed by atoms with Crippen LogP contribution in [-0.2, 0) is 0 Å². The van der Waals surface area contributed by atoms with Gasteiger partial charge in [0.2, 0.25) is 0 Å². The Morgan fingerprint density at radius 2 is 1.90 bits per heavy atom. The number of amides is 1. The van der Waals surface area contributed by atoms with Crippen molar-refractivity contribution < 1.29 is 14.3 Å². The molecule has 0 bridgehead atoms. The first-order valence-corrected chi connectivity index (χ1v) is 6.88. The van der Waals surface area contributed by atoms with Gasteiger partial charge in [-0.15, -0.1) is 0 Å². The Morgan fingerprint density at radius 1 is 1.25 bits per heavy atom. The summed E-state index contributed by atoms with van der Waals surface area (Å²) in [4.78, 5) is 12.3. The van der Waals surface area contributed by atoms with Crippen molar-refractivity contribution in [3.63, 3.8) is 0 Å². The van der Waals surface area contributed by atoms with Crippen molar-refractivity contribution in [2.45, 2.75) is 19.4 Å². The van der Waals surface area contributed by atoms with E-state index in [0.717, 1.165) is 19.5 Å². The van der Waals surface area contributed by atoms with Gasteiger partial charge in [0.15, 0.2) is 0 Å². The Kier molecular flexibility index (Phi) is 4.84. The molecule has 1 heterocycles.